The minimum absolute atomic E-state index is 0.296. The molecule has 1 fully saturated rings. The maximum absolute atomic E-state index is 11.8. The molecule has 1 heterocycles. The van der Waals surface area contributed by atoms with Crippen LogP contribution in [-0.4, -0.2) is 48.8 Å². The average molecular weight is 378 g/mol. The van der Waals surface area contributed by atoms with E-state index in [0.29, 0.717) is 17.3 Å². The van der Waals surface area contributed by atoms with Crippen LogP contribution in [0.15, 0.2) is 18.2 Å². The zero-order valence-corrected chi connectivity index (χ0v) is 17.0. The van der Waals surface area contributed by atoms with Crippen molar-refractivity contribution in [2.75, 3.05) is 38.1 Å². The Balaban J connectivity index is 1.72. The molecule has 2 rings (SSSR count). The zero-order valence-electron chi connectivity index (χ0n) is 16.1. The molecule has 0 saturated carbocycles. The summed E-state index contributed by atoms with van der Waals surface area (Å²) in [7, 11) is 0. The molecule has 0 spiro atoms. The van der Waals surface area contributed by atoms with Crippen molar-refractivity contribution in [2.45, 2.75) is 40.0 Å². The van der Waals surface area contributed by atoms with Gasteiger partial charge in [0, 0.05) is 18.8 Å². The van der Waals surface area contributed by atoms with E-state index in [-0.39, 0.29) is 5.97 Å². The number of anilines is 1. The van der Waals surface area contributed by atoms with Gasteiger partial charge in [0.2, 0.25) is 0 Å². The summed E-state index contributed by atoms with van der Waals surface area (Å²) in [5, 5.41) is 7.09. The molecule has 1 aliphatic heterocycles. The molecular weight excluding hydrogens is 346 g/mol. The highest BCUT2D eigenvalue weighted by atomic mass is 32.1. The highest BCUT2D eigenvalue weighted by molar-refractivity contribution is 7.80. The Labute approximate surface area is 162 Å². The van der Waals surface area contributed by atoms with E-state index in [0.717, 1.165) is 36.7 Å². The van der Waals surface area contributed by atoms with E-state index >= 15 is 0 Å². The number of benzene rings is 1. The summed E-state index contributed by atoms with van der Waals surface area (Å²) in [4.78, 5) is 14.3. The number of hydrogen-bond acceptors (Lipinski definition) is 4. The molecule has 6 heteroatoms. The Hall–Kier alpha value is -1.66. The van der Waals surface area contributed by atoms with Gasteiger partial charge >= 0.3 is 5.97 Å². The lowest BCUT2D eigenvalue weighted by molar-refractivity contribution is 0.0526. The molecule has 1 aliphatic rings. The normalized spacial score (nSPS) is 17.6. The first-order chi connectivity index (χ1) is 12.5. The summed E-state index contributed by atoms with van der Waals surface area (Å²) >= 11 is 5.38. The van der Waals surface area contributed by atoms with Gasteiger partial charge in [-0.15, -0.1) is 0 Å². The van der Waals surface area contributed by atoms with Gasteiger partial charge in [0.25, 0.3) is 0 Å². The smallest absolute Gasteiger partial charge is 0.338 e. The van der Waals surface area contributed by atoms with E-state index in [2.05, 4.69) is 22.5 Å². The van der Waals surface area contributed by atoms with E-state index in [4.69, 9.17) is 17.0 Å². The van der Waals surface area contributed by atoms with Crippen LogP contribution in [0.4, 0.5) is 5.69 Å². The van der Waals surface area contributed by atoms with Crippen LogP contribution in [0.2, 0.25) is 0 Å². The summed E-state index contributed by atoms with van der Waals surface area (Å²) in [6.07, 6.45) is 3.75. The van der Waals surface area contributed by atoms with E-state index in [1.54, 1.807) is 13.0 Å². The maximum atomic E-state index is 11.8. The van der Waals surface area contributed by atoms with Crippen molar-refractivity contribution in [1.29, 1.82) is 0 Å². The molecule has 0 aliphatic carbocycles. The SMILES string of the molecule is CCOC(=O)c1ccc(NC(=S)NCCCN2CCC[C@H](C)C2)c(C)c1. The monoisotopic (exact) mass is 377 g/mol. The summed E-state index contributed by atoms with van der Waals surface area (Å²) in [6.45, 7) is 10.9. The van der Waals surface area contributed by atoms with Crippen molar-refractivity contribution >= 4 is 29.0 Å². The van der Waals surface area contributed by atoms with Gasteiger partial charge in [-0.2, -0.15) is 0 Å². The van der Waals surface area contributed by atoms with Crippen LogP contribution in [-0.2, 0) is 4.74 Å². The predicted molar refractivity (Wildman–Crippen MR) is 111 cm³/mol. The van der Waals surface area contributed by atoms with Crippen molar-refractivity contribution in [1.82, 2.24) is 10.2 Å². The molecule has 0 radical (unpaired) electrons. The fourth-order valence-electron chi connectivity index (χ4n) is 3.31. The van der Waals surface area contributed by atoms with E-state index in [1.165, 1.54) is 25.9 Å². The van der Waals surface area contributed by atoms with Crippen molar-refractivity contribution in [3.05, 3.63) is 29.3 Å². The third-order valence-corrected chi connectivity index (χ3v) is 4.91. The summed E-state index contributed by atoms with van der Waals surface area (Å²) < 4.78 is 5.02. The largest absolute Gasteiger partial charge is 0.462 e. The van der Waals surface area contributed by atoms with Gasteiger partial charge in [-0.05, 0) is 88.1 Å². The fraction of sp³-hybridized carbons (Fsp3) is 0.600. The summed E-state index contributed by atoms with van der Waals surface area (Å²) in [5.41, 5.74) is 2.42. The maximum Gasteiger partial charge on any atom is 0.338 e. The second kappa shape index (κ2) is 10.5. The molecule has 0 amide bonds. The number of likely N-dealkylation sites (tertiary alicyclic amines) is 1. The molecule has 26 heavy (non-hydrogen) atoms. The molecule has 144 valence electrons. The molecule has 1 aromatic carbocycles. The number of hydrogen-bond donors (Lipinski definition) is 2. The van der Waals surface area contributed by atoms with Crippen LogP contribution in [0.1, 0.15) is 49.0 Å². The quantitative estimate of drug-likeness (QED) is 0.430. The van der Waals surface area contributed by atoms with Crippen molar-refractivity contribution in [3.8, 4) is 0 Å². The Morgan fingerprint density at radius 1 is 1.42 bits per heavy atom. The van der Waals surface area contributed by atoms with Crippen LogP contribution < -0.4 is 10.6 Å². The summed E-state index contributed by atoms with van der Waals surface area (Å²) in [6, 6.07) is 5.44. The molecular formula is C20H31N3O2S. The Bertz CT molecular complexity index is 621. The van der Waals surface area contributed by atoms with Gasteiger partial charge in [0.1, 0.15) is 0 Å². The zero-order chi connectivity index (χ0) is 18.9. The molecule has 1 aromatic rings. The number of thiocarbonyl (C=S) groups is 1. The van der Waals surface area contributed by atoms with Gasteiger partial charge in [0.15, 0.2) is 5.11 Å². The molecule has 0 aromatic heterocycles. The second-order valence-corrected chi connectivity index (χ2v) is 7.44. The van der Waals surface area contributed by atoms with Crippen LogP contribution in [0, 0.1) is 12.8 Å². The first-order valence-electron chi connectivity index (χ1n) is 9.54. The second-order valence-electron chi connectivity index (χ2n) is 7.03. The fourth-order valence-corrected chi connectivity index (χ4v) is 3.52. The molecule has 1 saturated heterocycles. The van der Waals surface area contributed by atoms with Crippen LogP contribution in [0.25, 0.3) is 0 Å². The number of aryl methyl sites for hydroxylation is 1. The van der Waals surface area contributed by atoms with E-state index in [1.807, 2.05) is 19.1 Å². The van der Waals surface area contributed by atoms with Gasteiger partial charge in [-0.3, -0.25) is 0 Å². The third-order valence-electron chi connectivity index (χ3n) is 4.66. The number of carbonyl (C=O) groups is 1. The van der Waals surface area contributed by atoms with Crippen LogP contribution >= 0.6 is 12.2 Å². The number of nitrogens with zero attached hydrogens (tertiary/aromatic N) is 1. The van der Waals surface area contributed by atoms with Gasteiger partial charge in [0.05, 0.1) is 12.2 Å². The minimum Gasteiger partial charge on any atom is -0.462 e. The lowest BCUT2D eigenvalue weighted by Crippen LogP contribution is -2.37. The summed E-state index contributed by atoms with van der Waals surface area (Å²) in [5.74, 6) is 0.523. The third kappa shape index (κ3) is 6.57. The first-order valence-corrected chi connectivity index (χ1v) is 9.95. The van der Waals surface area contributed by atoms with Gasteiger partial charge in [-0.1, -0.05) is 6.92 Å². The Morgan fingerprint density at radius 3 is 2.92 bits per heavy atom. The molecule has 0 bridgehead atoms. The Kier molecular flexibility index (Phi) is 8.32. The van der Waals surface area contributed by atoms with E-state index in [9.17, 15) is 4.79 Å². The number of carbonyl (C=O) groups excluding carboxylic acids is 1. The molecule has 5 nitrogen and oxygen atoms in total. The van der Waals surface area contributed by atoms with Crippen molar-refractivity contribution < 1.29 is 9.53 Å². The number of rotatable bonds is 7. The predicted octanol–water partition coefficient (Wildman–Crippen LogP) is 3.58. The van der Waals surface area contributed by atoms with Crippen molar-refractivity contribution in [3.63, 3.8) is 0 Å². The number of ether oxygens (including phenoxy) is 1. The minimum atomic E-state index is -0.296. The van der Waals surface area contributed by atoms with E-state index < -0.39 is 0 Å². The van der Waals surface area contributed by atoms with Crippen LogP contribution in [0.5, 0.6) is 0 Å². The number of piperidine rings is 1. The molecule has 2 N–H and O–H groups in total. The van der Waals surface area contributed by atoms with Crippen molar-refractivity contribution in [2.24, 2.45) is 5.92 Å². The molecule has 1 atom stereocenters. The van der Waals surface area contributed by atoms with Gasteiger partial charge < -0.3 is 20.3 Å². The highest BCUT2D eigenvalue weighted by Gasteiger charge is 2.15. The lowest BCUT2D eigenvalue weighted by atomic mass is 10.0. The standard InChI is InChI=1S/C20H31N3O2S/c1-4-25-19(24)17-8-9-18(16(3)13-17)22-20(26)21-10-6-12-23-11-5-7-15(2)14-23/h8-9,13,15H,4-7,10-12,14H2,1-3H3,(H2,21,22,26)/t15-/m0/s1. The average Bonchev–Trinajstić information content (AvgIpc) is 2.61. The molecule has 0 unspecified atom stereocenters. The number of nitrogens with one attached hydrogen (secondary N) is 2. The lowest BCUT2D eigenvalue weighted by Gasteiger charge is -2.30. The van der Waals surface area contributed by atoms with Crippen LogP contribution in [0.3, 0.4) is 0 Å². The topological polar surface area (TPSA) is 53.6 Å². The number of esters is 1. The first kappa shape index (κ1) is 20.6. The highest BCUT2D eigenvalue weighted by Crippen LogP contribution is 2.17. The Morgan fingerprint density at radius 2 is 2.23 bits per heavy atom. The van der Waals surface area contributed by atoms with Gasteiger partial charge in [-0.25, -0.2) is 4.79 Å².